The first-order chi connectivity index (χ1) is 11.6. The molecule has 3 rings (SSSR count). The average Bonchev–Trinajstić information content (AvgIpc) is 3.21. The van der Waals surface area contributed by atoms with Gasteiger partial charge in [0.25, 0.3) is 5.91 Å². The van der Waals surface area contributed by atoms with Crippen molar-refractivity contribution < 1.29 is 4.79 Å². The summed E-state index contributed by atoms with van der Waals surface area (Å²) in [6.45, 7) is 6.26. The number of rotatable bonds is 5. The molecule has 0 unspecified atom stereocenters. The molecule has 2 N–H and O–H groups in total. The van der Waals surface area contributed by atoms with Crippen molar-refractivity contribution in [3.63, 3.8) is 0 Å². The first kappa shape index (κ1) is 15.8. The van der Waals surface area contributed by atoms with Gasteiger partial charge >= 0.3 is 0 Å². The number of allylic oxidation sites excluding steroid dienone is 1. The highest BCUT2D eigenvalue weighted by Gasteiger charge is 2.14. The Hall–Kier alpha value is -3.08. The molecule has 1 amide bonds. The zero-order valence-corrected chi connectivity index (χ0v) is 13.8. The fourth-order valence-electron chi connectivity index (χ4n) is 2.72. The number of nitrogens with zero attached hydrogens (tertiary/aromatic N) is 2. The normalized spacial score (nSPS) is 11.2. The standard InChI is InChI=1S/C19H20N4O/c1-4-5-13(2)10-20-19(24)18-9-15-7-6-14(8-17(15)23(18)3)16-11-21-22-12-16/h4-9,11-12H,2,10H2,1,3H3,(H,20,24)(H,21,22)/b5-4-. The Kier molecular flexibility index (Phi) is 4.33. The van der Waals surface area contributed by atoms with Crippen LogP contribution in [0.3, 0.4) is 0 Å². The van der Waals surface area contributed by atoms with E-state index in [-0.39, 0.29) is 5.91 Å². The van der Waals surface area contributed by atoms with Gasteiger partial charge < -0.3 is 9.88 Å². The summed E-state index contributed by atoms with van der Waals surface area (Å²) in [7, 11) is 1.90. The Balaban J connectivity index is 1.88. The zero-order valence-electron chi connectivity index (χ0n) is 13.8. The molecule has 3 aromatic rings. The van der Waals surface area contributed by atoms with E-state index in [1.165, 1.54) is 0 Å². The number of carbonyl (C=O) groups is 1. The summed E-state index contributed by atoms with van der Waals surface area (Å²) in [5.74, 6) is -0.107. The largest absolute Gasteiger partial charge is 0.347 e. The third-order valence-corrected chi connectivity index (χ3v) is 3.99. The van der Waals surface area contributed by atoms with Gasteiger partial charge in [0.15, 0.2) is 0 Å². The molecule has 5 nitrogen and oxygen atoms in total. The Morgan fingerprint density at radius 2 is 2.21 bits per heavy atom. The van der Waals surface area contributed by atoms with E-state index in [0.717, 1.165) is 27.6 Å². The van der Waals surface area contributed by atoms with Gasteiger partial charge in [0.05, 0.1) is 6.20 Å². The maximum Gasteiger partial charge on any atom is 0.268 e. The zero-order chi connectivity index (χ0) is 17.1. The lowest BCUT2D eigenvalue weighted by Gasteiger charge is -2.07. The van der Waals surface area contributed by atoms with Crippen molar-refractivity contribution in [3.05, 3.63) is 66.7 Å². The molecule has 0 saturated heterocycles. The van der Waals surface area contributed by atoms with E-state index in [2.05, 4.69) is 28.2 Å². The molecule has 2 aromatic heterocycles. The van der Waals surface area contributed by atoms with Crippen LogP contribution < -0.4 is 5.32 Å². The van der Waals surface area contributed by atoms with Gasteiger partial charge in [-0.2, -0.15) is 5.10 Å². The van der Waals surface area contributed by atoms with Crippen LogP contribution in [0.1, 0.15) is 17.4 Å². The number of nitrogens with one attached hydrogen (secondary N) is 2. The van der Waals surface area contributed by atoms with E-state index in [9.17, 15) is 4.79 Å². The molecule has 0 saturated carbocycles. The number of hydrogen-bond acceptors (Lipinski definition) is 2. The summed E-state index contributed by atoms with van der Waals surface area (Å²) in [4.78, 5) is 12.4. The van der Waals surface area contributed by atoms with Gasteiger partial charge in [0, 0.05) is 36.3 Å². The Morgan fingerprint density at radius 3 is 2.92 bits per heavy atom. The predicted molar refractivity (Wildman–Crippen MR) is 96.8 cm³/mol. The van der Waals surface area contributed by atoms with Gasteiger partial charge in [-0.25, -0.2) is 0 Å². The Morgan fingerprint density at radius 1 is 1.38 bits per heavy atom. The fourth-order valence-corrected chi connectivity index (χ4v) is 2.72. The van der Waals surface area contributed by atoms with Crippen molar-refractivity contribution in [1.29, 1.82) is 0 Å². The number of fused-ring (bicyclic) bond motifs is 1. The number of hydrogen-bond donors (Lipinski definition) is 2. The van der Waals surface area contributed by atoms with Crippen LogP contribution in [-0.4, -0.2) is 27.2 Å². The lowest BCUT2D eigenvalue weighted by Crippen LogP contribution is -2.26. The SMILES string of the molecule is C=C(/C=C\C)CNC(=O)c1cc2ccc(-c3cn[nH]c3)cc2n1C. The number of aromatic amines is 1. The molecule has 2 heterocycles. The minimum atomic E-state index is -0.107. The van der Waals surface area contributed by atoms with Gasteiger partial charge in [-0.3, -0.25) is 9.89 Å². The number of H-pyrrole nitrogens is 1. The second-order valence-electron chi connectivity index (χ2n) is 5.69. The quantitative estimate of drug-likeness (QED) is 0.708. The third kappa shape index (κ3) is 3.01. The second-order valence-corrected chi connectivity index (χ2v) is 5.69. The Labute approximate surface area is 140 Å². The maximum absolute atomic E-state index is 12.4. The van der Waals surface area contributed by atoms with Crippen molar-refractivity contribution in [2.75, 3.05) is 6.54 Å². The van der Waals surface area contributed by atoms with Gasteiger partial charge in [0.2, 0.25) is 0 Å². The molecular formula is C19H20N4O. The first-order valence-corrected chi connectivity index (χ1v) is 7.77. The van der Waals surface area contributed by atoms with Gasteiger partial charge in [-0.15, -0.1) is 0 Å². The van der Waals surface area contributed by atoms with E-state index in [1.54, 1.807) is 6.20 Å². The Bertz CT molecular complexity index is 916. The van der Waals surface area contributed by atoms with Crippen LogP contribution in [0, 0.1) is 0 Å². The number of aryl methyl sites for hydroxylation is 1. The molecule has 0 aliphatic carbocycles. The number of amides is 1. The third-order valence-electron chi connectivity index (χ3n) is 3.99. The summed E-state index contributed by atoms with van der Waals surface area (Å²) in [5.41, 5.74) is 4.58. The molecule has 24 heavy (non-hydrogen) atoms. The molecule has 0 bridgehead atoms. The van der Waals surface area contributed by atoms with Crippen molar-refractivity contribution in [3.8, 4) is 11.1 Å². The van der Waals surface area contributed by atoms with Crippen LogP contribution in [0.5, 0.6) is 0 Å². The number of aromatic nitrogens is 3. The molecule has 122 valence electrons. The van der Waals surface area contributed by atoms with Crippen LogP contribution >= 0.6 is 0 Å². The lowest BCUT2D eigenvalue weighted by atomic mass is 10.1. The predicted octanol–water partition coefficient (Wildman–Crippen LogP) is 3.43. The highest BCUT2D eigenvalue weighted by Crippen LogP contribution is 2.25. The topological polar surface area (TPSA) is 62.7 Å². The number of benzene rings is 1. The summed E-state index contributed by atoms with van der Waals surface area (Å²) in [6, 6.07) is 8.02. The highest BCUT2D eigenvalue weighted by atomic mass is 16.1. The average molecular weight is 320 g/mol. The smallest absolute Gasteiger partial charge is 0.268 e. The second kappa shape index (κ2) is 6.58. The minimum absolute atomic E-state index is 0.107. The fraction of sp³-hybridized carbons (Fsp3) is 0.158. The monoisotopic (exact) mass is 320 g/mol. The summed E-state index contributed by atoms with van der Waals surface area (Å²) in [6.07, 6.45) is 7.43. The van der Waals surface area contributed by atoms with Gasteiger partial charge in [0.1, 0.15) is 5.69 Å². The van der Waals surface area contributed by atoms with Gasteiger partial charge in [-0.1, -0.05) is 30.9 Å². The molecule has 0 aliphatic rings. The molecule has 5 heteroatoms. The van der Waals surface area contributed by atoms with Crippen LogP contribution in [0.15, 0.2) is 61.0 Å². The molecule has 0 fully saturated rings. The lowest BCUT2D eigenvalue weighted by molar-refractivity contribution is 0.0949. The minimum Gasteiger partial charge on any atom is -0.347 e. The number of carbonyl (C=O) groups excluding carboxylic acids is 1. The van der Waals surface area contributed by atoms with Gasteiger partial charge in [-0.05, 0) is 30.2 Å². The van der Waals surface area contributed by atoms with Crippen LogP contribution in [0.25, 0.3) is 22.0 Å². The molecule has 0 aliphatic heterocycles. The van der Waals surface area contributed by atoms with E-state index in [0.29, 0.717) is 12.2 Å². The molecule has 0 radical (unpaired) electrons. The van der Waals surface area contributed by atoms with Crippen molar-refractivity contribution in [1.82, 2.24) is 20.1 Å². The van der Waals surface area contributed by atoms with Crippen LogP contribution in [0.4, 0.5) is 0 Å². The molecule has 1 aromatic carbocycles. The summed E-state index contributed by atoms with van der Waals surface area (Å²) >= 11 is 0. The van der Waals surface area contributed by atoms with Crippen molar-refractivity contribution >= 4 is 16.8 Å². The summed E-state index contributed by atoms with van der Waals surface area (Å²) in [5, 5.41) is 10.7. The van der Waals surface area contributed by atoms with E-state index in [1.807, 2.05) is 55.1 Å². The maximum atomic E-state index is 12.4. The molecule has 0 atom stereocenters. The first-order valence-electron chi connectivity index (χ1n) is 7.77. The van der Waals surface area contributed by atoms with E-state index in [4.69, 9.17) is 0 Å². The van der Waals surface area contributed by atoms with Crippen molar-refractivity contribution in [2.45, 2.75) is 6.92 Å². The highest BCUT2D eigenvalue weighted by molar-refractivity contribution is 5.99. The van der Waals surface area contributed by atoms with Crippen molar-refractivity contribution in [2.24, 2.45) is 7.05 Å². The van der Waals surface area contributed by atoms with Crippen LogP contribution in [0.2, 0.25) is 0 Å². The molecular weight excluding hydrogens is 300 g/mol. The van der Waals surface area contributed by atoms with E-state index < -0.39 is 0 Å². The summed E-state index contributed by atoms with van der Waals surface area (Å²) < 4.78 is 1.91. The van der Waals surface area contributed by atoms with Crippen LogP contribution in [-0.2, 0) is 7.05 Å². The molecule has 0 spiro atoms. The van der Waals surface area contributed by atoms with E-state index >= 15 is 0 Å².